The van der Waals surface area contributed by atoms with Gasteiger partial charge in [0.2, 0.25) is 10.0 Å². The number of non-ortho nitro benzene ring substituents is 1. The van der Waals surface area contributed by atoms with Crippen molar-refractivity contribution in [3.8, 4) is 0 Å². The molecule has 0 unspecified atom stereocenters. The molecule has 0 saturated heterocycles. The second-order valence-electron chi connectivity index (χ2n) is 7.00. The minimum absolute atomic E-state index is 0.0255. The zero-order chi connectivity index (χ0) is 24.7. The van der Waals surface area contributed by atoms with E-state index < -0.39 is 27.4 Å². The van der Waals surface area contributed by atoms with Crippen molar-refractivity contribution in [2.75, 3.05) is 6.54 Å². The van der Waals surface area contributed by atoms with E-state index >= 15 is 0 Å². The summed E-state index contributed by atoms with van der Waals surface area (Å²) in [5.74, 6) is -0.684. The average Bonchev–Trinajstić information content (AvgIpc) is 2.80. The van der Waals surface area contributed by atoms with Crippen molar-refractivity contribution >= 4 is 55.4 Å². The van der Waals surface area contributed by atoms with Crippen molar-refractivity contribution in [3.05, 3.63) is 104 Å². The first-order chi connectivity index (χ1) is 16.1. The van der Waals surface area contributed by atoms with Crippen LogP contribution < -0.4 is 5.43 Å². The number of halogens is 2. The Hall–Kier alpha value is -3.12. The lowest BCUT2D eigenvalue weighted by atomic mass is 10.2. The molecular formula is C22H18BrClN4O5S. The van der Waals surface area contributed by atoms with E-state index in [1.165, 1.54) is 36.5 Å². The van der Waals surface area contributed by atoms with Crippen molar-refractivity contribution in [1.82, 2.24) is 9.73 Å². The largest absolute Gasteiger partial charge is 0.272 e. The Labute approximate surface area is 209 Å². The van der Waals surface area contributed by atoms with Crippen LogP contribution in [0.5, 0.6) is 0 Å². The van der Waals surface area contributed by atoms with Gasteiger partial charge < -0.3 is 0 Å². The van der Waals surface area contributed by atoms with Crippen LogP contribution >= 0.6 is 27.5 Å². The lowest BCUT2D eigenvalue weighted by Crippen LogP contribution is -2.39. The van der Waals surface area contributed by atoms with Crippen LogP contribution in [0.25, 0.3) is 0 Å². The number of carbonyl (C=O) groups is 1. The maximum atomic E-state index is 13.2. The Kier molecular flexibility index (Phi) is 8.51. The summed E-state index contributed by atoms with van der Waals surface area (Å²) in [6, 6.07) is 18.4. The van der Waals surface area contributed by atoms with Crippen LogP contribution in [0, 0.1) is 10.1 Å². The van der Waals surface area contributed by atoms with E-state index in [0.29, 0.717) is 20.6 Å². The maximum Gasteiger partial charge on any atom is 0.270 e. The normalized spacial score (nSPS) is 11.6. The number of hydrogen-bond donors (Lipinski definition) is 1. The van der Waals surface area contributed by atoms with E-state index in [1.54, 1.807) is 42.5 Å². The Morgan fingerprint density at radius 2 is 1.79 bits per heavy atom. The molecule has 1 amide bonds. The summed E-state index contributed by atoms with van der Waals surface area (Å²) >= 11 is 9.19. The van der Waals surface area contributed by atoms with Crippen molar-refractivity contribution in [3.63, 3.8) is 0 Å². The highest BCUT2D eigenvalue weighted by atomic mass is 79.9. The van der Waals surface area contributed by atoms with E-state index in [9.17, 15) is 23.3 Å². The molecule has 34 heavy (non-hydrogen) atoms. The molecule has 3 aromatic rings. The van der Waals surface area contributed by atoms with Crippen molar-refractivity contribution < 1.29 is 18.1 Å². The zero-order valence-corrected chi connectivity index (χ0v) is 20.6. The van der Waals surface area contributed by atoms with Crippen LogP contribution in [-0.4, -0.2) is 36.3 Å². The molecule has 3 rings (SSSR count). The minimum Gasteiger partial charge on any atom is -0.272 e. The number of amides is 1. The van der Waals surface area contributed by atoms with E-state index in [4.69, 9.17) is 11.6 Å². The van der Waals surface area contributed by atoms with Gasteiger partial charge >= 0.3 is 0 Å². The predicted octanol–water partition coefficient (Wildman–Crippen LogP) is 4.35. The van der Waals surface area contributed by atoms with Crippen LogP contribution in [0.15, 0.2) is 87.3 Å². The van der Waals surface area contributed by atoms with Gasteiger partial charge in [-0.1, -0.05) is 51.8 Å². The molecule has 1 N–H and O–H groups in total. The molecule has 0 spiro atoms. The summed E-state index contributed by atoms with van der Waals surface area (Å²) in [5.41, 5.74) is 3.18. The fourth-order valence-electron chi connectivity index (χ4n) is 2.87. The third-order valence-corrected chi connectivity index (χ3v) is 7.11. The molecule has 9 nitrogen and oxygen atoms in total. The average molecular weight is 566 g/mol. The third kappa shape index (κ3) is 6.94. The van der Waals surface area contributed by atoms with Gasteiger partial charge in [-0.2, -0.15) is 9.41 Å². The Morgan fingerprint density at radius 1 is 1.12 bits per heavy atom. The van der Waals surface area contributed by atoms with Gasteiger partial charge in [-0.3, -0.25) is 14.9 Å². The Morgan fingerprint density at radius 3 is 2.44 bits per heavy atom. The lowest BCUT2D eigenvalue weighted by molar-refractivity contribution is -0.384. The van der Waals surface area contributed by atoms with E-state index in [-0.39, 0.29) is 17.1 Å². The maximum absolute atomic E-state index is 13.2. The van der Waals surface area contributed by atoms with Crippen LogP contribution in [-0.2, 0) is 21.4 Å². The van der Waals surface area contributed by atoms with Gasteiger partial charge in [0.05, 0.1) is 22.6 Å². The molecule has 0 aliphatic heterocycles. The summed E-state index contributed by atoms with van der Waals surface area (Å²) in [6.45, 7) is -0.578. The van der Waals surface area contributed by atoms with E-state index in [1.807, 2.05) is 0 Å². The highest BCUT2D eigenvalue weighted by Gasteiger charge is 2.27. The third-order valence-electron chi connectivity index (χ3n) is 4.53. The van der Waals surface area contributed by atoms with Gasteiger partial charge in [0, 0.05) is 33.7 Å². The first kappa shape index (κ1) is 25.5. The van der Waals surface area contributed by atoms with Crippen molar-refractivity contribution in [2.45, 2.75) is 11.4 Å². The SMILES string of the molecule is O=C(CN(Cc1ccc(Cl)cc1)S(=O)(=O)c1ccc(Br)cc1)N/N=C\c1cccc([N+](=O)[O-])c1. The van der Waals surface area contributed by atoms with E-state index in [0.717, 1.165) is 4.31 Å². The minimum atomic E-state index is -4.02. The fraction of sp³-hybridized carbons (Fsp3) is 0.0909. The molecular weight excluding hydrogens is 548 g/mol. The Bertz CT molecular complexity index is 1320. The molecule has 0 aliphatic rings. The smallest absolute Gasteiger partial charge is 0.270 e. The first-order valence-electron chi connectivity index (χ1n) is 9.72. The van der Waals surface area contributed by atoms with Gasteiger partial charge in [-0.05, 0) is 42.0 Å². The number of hydrogen-bond acceptors (Lipinski definition) is 6. The van der Waals surface area contributed by atoms with Crippen LogP contribution in [0.2, 0.25) is 5.02 Å². The number of nitro benzene ring substituents is 1. The van der Waals surface area contributed by atoms with Crippen LogP contribution in [0.3, 0.4) is 0 Å². The molecule has 0 atom stereocenters. The molecule has 0 fully saturated rings. The quantitative estimate of drug-likeness (QED) is 0.235. The summed E-state index contributed by atoms with van der Waals surface area (Å²) in [6.07, 6.45) is 1.23. The van der Waals surface area contributed by atoms with Gasteiger partial charge in [-0.15, -0.1) is 0 Å². The molecule has 176 valence electrons. The topological polar surface area (TPSA) is 122 Å². The number of benzene rings is 3. The number of hydrazone groups is 1. The van der Waals surface area contributed by atoms with Crippen molar-refractivity contribution in [1.29, 1.82) is 0 Å². The van der Waals surface area contributed by atoms with Crippen LogP contribution in [0.1, 0.15) is 11.1 Å². The van der Waals surface area contributed by atoms with Gasteiger partial charge in [0.1, 0.15) is 0 Å². The molecule has 0 heterocycles. The number of sulfonamides is 1. The molecule has 0 bridgehead atoms. The summed E-state index contributed by atoms with van der Waals surface area (Å²) < 4.78 is 28.2. The standard InChI is InChI=1S/C22H18BrClN4O5S/c23-18-6-10-21(11-7-18)34(32,33)27(14-16-4-8-19(24)9-5-16)15-22(29)26-25-13-17-2-1-3-20(12-17)28(30)31/h1-13H,14-15H2,(H,26,29)/b25-13-. The van der Waals surface area contributed by atoms with Crippen molar-refractivity contribution in [2.24, 2.45) is 5.10 Å². The second-order valence-corrected chi connectivity index (χ2v) is 10.3. The van der Waals surface area contributed by atoms with Gasteiger partial charge in [-0.25, -0.2) is 13.8 Å². The number of carbonyl (C=O) groups excluding carboxylic acids is 1. The van der Waals surface area contributed by atoms with Crippen LogP contribution in [0.4, 0.5) is 5.69 Å². The highest BCUT2D eigenvalue weighted by molar-refractivity contribution is 9.10. The summed E-state index contributed by atoms with van der Waals surface area (Å²) in [7, 11) is -4.02. The molecule has 0 saturated carbocycles. The second kappa shape index (κ2) is 11.3. The summed E-state index contributed by atoms with van der Waals surface area (Å²) in [4.78, 5) is 22.9. The fourth-order valence-corrected chi connectivity index (χ4v) is 4.64. The summed E-state index contributed by atoms with van der Waals surface area (Å²) in [5, 5.41) is 15.2. The Balaban J connectivity index is 1.78. The number of nitro groups is 1. The highest BCUT2D eigenvalue weighted by Crippen LogP contribution is 2.21. The molecule has 0 radical (unpaired) electrons. The first-order valence-corrected chi connectivity index (χ1v) is 12.3. The number of nitrogens with one attached hydrogen (secondary N) is 1. The molecule has 3 aromatic carbocycles. The number of rotatable bonds is 9. The lowest BCUT2D eigenvalue weighted by Gasteiger charge is -2.21. The molecule has 12 heteroatoms. The number of nitrogens with zero attached hydrogens (tertiary/aromatic N) is 3. The van der Waals surface area contributed by atoms with E-state index in [2.05, 4.69) is 26.5 Å². The predicted molar refractivity (Wildman–Crippen MR) is 132 cm³/mol. The molecule has 0 aromatic heterocycles. The van der Waals surface area contributed by atoms with Gasteiger partial charge in [0.15, 0.2) is 0 Å². The van der Waals surface area contributed by atoms with Gasteiger partial charge in [0.25, 0.3) is 11.6 Å². The zero-order valence-electron chi connectivity index (χ0n) is 17.5. The monoisotopic (exact) mass is 564 g/mol. The molecule has 0 aliphatic carbocycles.